The summed E-state index contributed by atoms with van der Waals surface area (Å²) >= 11 is 12.1. The molecule has 13 heteroatoms. The number of benzene rings is 2. The molecule has 0 bridgehead atoms. The number of aromatic nitrogens is 5. The van der Waals surface area contributed by atoms with E-state index in [0.29, 0.717) is 4.68 Å². The lowest BCUT2D eigenvalue weighted by atomic mass is 10.0. The summed E-state index contributed by atoms with van der Waals surface area (Å²) in [6.07, 6.45) is -2.99. The van der Waals surface area contributed by atoms with Gasteiger partial charge >= 0.3 is 6.18 Å². The van der Waals surface area contributed by atoms with Crippen LogP contribution in [0.15, 0.2) is 64.0 Å². The van der Waals surface area contributed by atoms with E-state index in [4.69, 9.17) is 32.1 Å². The standard InChI is InChI=1S/C21H9Cl2F4N5O2/c22-10-3-1-4-11(7-10)32-19(21(25,26)27)12(8-29-32)18-16(20-30-28-9-33-20)17(31-34-18)15-13(23)5-2-6-14(15)24/h1-9H. The first-order valence-electron chi connectivity index (χ1n) is 9.38. The number of halogens is 6. The molecule has 7 nitrogen and oxygen atoms in total. The van der Waals surface area contributed by atoms with E-state index < -0.39 is 29.0 Å². The molecule has 0 amide bonds. The molecule has 0 saturated carbocycles. The number of hydrogen-bond donors (Lipinski definition) is 0. The highest BCUT2D eigenvalue weighted by atomic mass is 35.5. The van der Waals surface area contributed by atoms with Crippen LogP contribution < -0.4 is 0 Å². The molecule has 0 fully saturated rings. The van der Waals surface area contributed by atoms with Gasteiger partial charge in [-0.1, -0.05) is 40.5 Å². The Kier molecular flexibility index (Phi) is 5.37. The van der Waals surface area contributed by atoms with E-state index in [9.17, 15) is 17.6 Å². The van der Waals surface area contributed by atoms with Crippen molar-refractivity contribution >= 4 is 23.2 Å². The zero-order chi connectivity index (χ0) is 24.0. The topological polar surface area (TPSA) is 82.8 Å². The van der Waals surface area contributed by atoms with Crippen LogP contribution in [0.3, 0.4) is 0 Å². The van der Waals surface area contributed by atoms with Gasteiger partial charge in [-0.05, 0) is 30.3 Å². The van der Waals surface area contributed by atoms with Crippen LogP contribution in [0.4, 0.5) is 17.6 Å². The fourth-order valence-electron chi connectivity index (χ4n) is 3.44. The van der Waals surface area contributed by atoms with Gasteiger partial charge in [0.05, 0.1) is 28.0 Å². The predicted octanol–water partition coefficient (Wildman–Crippen LogP) is 6.71. The third-order valence-corrected chi connectivity index (χ3v) is 5.35. The van der Waals surface area contributed by atoms with Crippen LogP contribution in [0.2, 0.25) is 10.0 Å². The maximum atomic E-state index is 14.7. The van der Waals surface area contributed by atoms with Crippen LogP contribution in [0.5, 0.6) is 0 Å². The van der Waals surface area contributed by atoms with Crippen molar-refractivity contribution in [1.82, 2.24) is 25.1 Å². The molecule has 0 radical (unpaired) electrons. The zero-order valence-corrected chi connectivity index (χ0v) is 18.0. The minimum Gasteiger partial charge on any atom is -0.423 e. The van der Waals surface area contributed by atoms with Gasteiger partial charge in [-0.15, -0.1) is 10.2 Å². The second-order valence-electron chi connectivity index (χ2n) is 6.87. The molecule has 5 rings (SSSR count). The van der Waals surface area contributed by atoms with Crippen molar-refractivity contribution in [2.24, 2.45) is 0 Å². The summed E-state index contributed by atoms with van der Waals surface area (Å²) in [5.41, 5.74) is -2.22. The molecule has 3 aromatic heterocycles. The summed E-state index contributed by atoms with van der Waals surface area (Å²) in [5.74, 6) is -1.45. The molecule has 172 valence electrons. The van der Waals surface area contributed by atoms with E-state index in [1.165, 1.54) is 36.4 Å². The van der Waals surface area contributed by atoms with Gasteiger partial charge in [-0.2, -0.15) is 18.3 Å². The van der Waals surface area contributed by atoms with Gasteiger partial charge in [0.15, 0.2) is 11.5 Å². The van der Waals surface area contributed by atoms with Crippen molar-refractivity contribution in [3.8, 4) is 39.7 Å². The molecule has 0 N–H and O–H groups in total. The first-order chi connectivity index (χ1) is 16.3. The number of alkyl halides is 3. The number of rotatable bonds is 4. The molecule has 0 saturated heterocycles. The maximum Gasteiger partial charge on any atom is 0.434 e. The Morgan fingerprint density at radius 2 is 1.79 bits per heavy atom. The number of nitrogens with zero attached hydrogens (tertiary/aromatic N) is 5. The summed E-state index contributed by atoms with van der Waals surface area (Å²) in [4.78, 5) is 0. The smallest absolute Gasteiger partial charge is 0.423 e. The highest BCUT2D eigenvalue weighted by Gasteiger charge is 2.42. The maximum absolute atomic E-state index is 14.7. The van der Waals surface area contributed by atoms with Crippen molar-refractivity contribution in [2.45, 2.75) is 6.18 Å². The molecular weight excluding hydrogens is 501 g/mol. The van der Waals surface area contributed by atoms with Crippen LogP contribution in [0, 0.1) is 5.82 Å². The lowest BCUT2D eigenvalue weighted by molar-refractivity contribution is -0.142. The van der Waals surface area contributed by atoms with Gasteiger partial charge in [0.25, 0.3) is 5.89 Å². The molecule has 2 aromatic carbocycles. The first-order valence-corrected chi connectivity index (χ1v) is 10.1. The fourth-order valence-corrected chi connectivity index (χ4v) is 3.88. The molecule has 0 aliphatic heterocycles. The summed E-state index contributed by atoms with van der Waals surface area (Å²) in [5, 5.41) is 15.2. The summed E-state index contributed by atoms with van der Waals surface area (Å²) in [6, 6.07) is 9.59. The Morgan fingerprint density at radius 1 is 1.00 bits per heavy atom. The van der Waals surface area contributed by atoms with Gasteiger partial charge in [-0.25, -0.2) is 9.07 Å². The molecule has 34 heavy (non-hydrogen) atoms. The summed E-state index contributed by atoms with van der Waals surface area (Å²) in [6.45, 7) is 0. The van der Waals surface area contributed by atoms with Crippen molar-refractivity contribution in [3.63, 3.8) is 0 Å². The Bertz CT molecular complexity index is 1480. The lowest BCUT2D eigenvalue weighted by Crippen LogP contribution is -2.14. The molecule has 3 heterocycles. The van der Waals surface area contributed by atoms with Crippen molar-refractivity contribution in [3.05, 3.63) is 76.6 Å². The Morgan fingerprint density at radius 3 is 2.47 bits per heavy atom. The van der Waals surface area contributed by atoms with Crippen molar-refractivity contribution in [1.29, 1.82) is 0 Å². The second-order valence-corrected chi connectivity index (χ2v) is 7.72. The second kappa shape index (κ2) is 8.26. The van der Waals surface area contributed by atoms with E-state index in [1.54, 1.807) is 0 Å². The Labute approximate surface area is 197 Å². The summed E-state index contributed by atoms with van der Waals surface area (Å²) in [7, 11) is 0. The Hall–Kier alpha value is -3.70. The third-order valence-electron chi connectivity index (χ3n) is 4.80. The molecule has 0 aliphatic rings. The van der Waals surface area contributed by atoms with Gasteiger partial charge < -0.3 is 8.94 Å². The lowest BCUT2D eigenvalue weighted by Gasteiger charge is -2.12. The molecule has 0 spiro atoms. The predicted molar refractivity (Wildman–Crippen MR) is 113 cm³/mol. The summed E-state index contributed by atoms with van der Waals surface area (Å²) < 4.78 is 68.6. The average Bonchev–Trinajstić information content (AvgIpc) is 3.52. The molecule has 5 aromatic rings. The average molecular weight is 510 g/mol. The van der Waals surface area contributed by atoms with E-state index in [-0.39, 0.29) is 38.4 Å². The van der Waals surface area contributed by atoms with Gasteiger partial charge in [0.2, 0.25) is 6.39 Å². The van der Waals surface area contributed by atoms with Crippen LogP contribution in [0.1, 0.15) is 5.69 Å². The van der Waals surface area contributed by atoms with Crippen molar-refractivity contribution < 1.29 is 26.5 Å². The Balaban J connectivity index is 1.80. The quantitative estimate of drug-likeness (QED) is 0.250. The van der Waals surface area contributed by atoms with Crippen LogP contribution in [-0.2, 0) is 6.18 Å². The molecule has 0 unspecified atom stereocenters. The van der Waals surface area contributed by atoms with Gasteiger partial charge in [-0.3, -0.25) is 0 Å². The van der Waals surface area contributed by atoms with Crippen LogP contribution in [-0.4, -0.2) is 25.1 Å². The fraction of sp³-hybridized carbons (Fsp3) is 0.0476. The largest absolute Gasteiger partial charge is 0.434 e. The number of hydrogen-bond acceptors (Lipinski definition) is 6. The van der Waals surface area contributed by atoms with Gasteiger partial charge in [0.1, 0.15) is 17.1 Å². The SMILES string of the molecule is Fc1cccc(Cl)c1-c1noc(-c2cnn(-c3cccc(Cl)c3)c2C(F)(F)F)c1-c1nnco1. The minimum absolute atomic E-state index is 0.0497. The van der Waals surface area contributed by atoms with Crippen LogP contribution >= 0.6 is 23.2 Å². The zero-order valence-electron chi connectivity index (χ0n) is 16.5. The molecular formula is C21H9Cl2F4N5O2. The minimum atomic E-state index is -4.89. The highest BCUT2D eigenvalue weighted by Crippen LogP contribution is 2.46. The van der Waals surface area contributed by atoms with Crippen LogP contribution in [0.25, 0.3) is 39.7 Å². The first kappa shape index (κ1) is 22.1. The monoisotopic (exact) mass is 509 g/mol. The van der Waals surface area contributed by atoms with E-state index in [2.05, 4.69) is 20.5 Å². The van der Waals surface area contributed by atoms with E-state index >= 15 is 0 Å². The van der Waals surface area contributed by atoms with E-state index in [0.717, 1.165) is 18.7 Å². The van der Waals surface area contributed by atoms with Gasteiger partial charge in [0, 0.05) is 5.02 Å². The molecule has 0 aliphatic carbocycles. The normalized spacial score (nSPS) is 11.8. The highest BCUT2D eigenvalue weighted by molar-refractivity contribution is 6.33. The molecule has 0 atom stereocenters. The van der Waals surface area contributed by atoms with E-state index in [1.807, 2.05) is 0 Å². The van der Waals surface area contributed by atoms with Crippen molar-refractivity contribution in [2.75, 3.05) is 0 Å². The third kappa shape index (κ3) is 3.72.